The summed E-state index contributed by atoms with van der Waals surface area (Å²) in [5.41, 5.74) is 1.87. The zero-order valence-corrected chi connectivity index (χ0v) is 13.2. The smallest absolute Gasteiger partial charge is 0.211 e. The highest BCUT2D eigenvalue weighted by Crippen LogP contribution is 2.28. The molecule has 23 heavy (non-hydrogen) atoms. The van der Waals surface area contributed by atoms with Crippen LogP contribution in [0.25, 0.3) is 22.3 Å². The Labute approximate surface area is 137 Å². The molecule has 0 amide bonds. The lowest BCUT2D eigenvalue weighted by molar-refractivity contribution is 1.05. The summed E-state index contributed by atoms with van der Waals surface area (Å²) in [6.45, 7) is 1.93. The molecule has 1 N–H and O–H groups in total. The first-order valence-corrected chi connectivity index (χ1v) is 8.00. The second-order valence-electron chi connectivity index (χ2n) is 5.03. The third-order valence-electron chi connectivity index (χ3n) is 3.39. The number of nitrogens with one attached hydrogen (secondary N) is 1. The highest BCUT2D eigenvalue weighted by molar-refractivity contribution is 7.15. The van der Waals surface area contributed by atoms with Gasteiger partial charge in [-0.05, 0) is 19.1 Å². The average molecular weight is 319 g/mol. The average Bonchev–Trinajstić information content (AvgIpc) is 3.00. The predicted octanol–water partition coefficient (Wildman–Crippen LogP) is 4.20. The van der Waals surface area contributed by atoms with Crippen molar-refractivity contribution in [1.29, 1.82) is 0 Å². The Kier molecular flexibility index (Phi) is 3.44. The Morgan fingerprint density at radius 2 is 1.65 bits per heavy atom. The van der Waals surface area contributed by atoms with Gasteiger partial charge in [0.2, 0.25) is 5.13 Å². The molecule has 5 nitrogen and oxygen atoms in total. The molecule has 0 unspecified atom stereocenters. The molecular weight excluding hydrogens is 306 g/mol. The van der Waals surface area contributed by atoms with Crippen LogP contribution in [-0.2, 0) is 0 Å². The van der Waals surface area contributed by atoms with Gasteiger partial charge in [-0.1, -0.05) is 53.8 Å². The zero-order chi connectivity index (χ0) is 15.6. The molecule has 0 radical (unpaired) electrons. The monoisotopic (exact) mass is 319 g/mol. The first-order chi connectivity index (χ1) is 11.3. The standard InChI is InChI=1S/C17H13N5S/c1-11-21-22-17(23-11)20-16-13-9-5-6-10-14(13)18-15(19-16)12-7-3-2-4-8-12/h2-10H,1H3,(H,18,19,20,22). The second kappa shape index (κ2) is 5.73. The van der Waals surface area contributed by atoms with E-state index in [0.717, 1.165) is 32.4 Å². The van der Waals surface area contributed by atoms with Crippen LogP contribution >= 0.6 is 11.3 Å². The first-order valence-electron chi connectivity index (χ1n) is 7.19. The quantitative estimate of drug-likeness (QED) is 0.613. The second-order valence-corrected chi connectivity index (χ2v) is 6.21. The maximum Gasteiger partial charge on any atom is 0.211 e. The zero-order valence-electron chi connectivity index (χ0n) is 12.4. The van der Waals surface area contributed by atoms with Crippen molar-refractivity contribution in [2.75, 3.05) is 5.32 Å². The van der Waals surface area contributed by atoms with E-state index in [0.29, 0.717) is 5.82 Å². The van der Waals surface area contributed by atoms with Crippen LogP contribution in [-0.4, -0.2) is 20.2 Å². The van der Waals surface area contributed by atoms with Gasteiger partial charge in [0.15, 0.2) is 5.82 Å². The van der Waals surface area contributed by atoms with Gasteiger partial charge in [-0.2, -0.15) is 0 Å². The summed E-state index contributed by atoms with van der Waals surface area (Å²) < 4.78 is 0. The van der Waals surface area contributed by atoms with Gasteiger partial charge >= 0.3 is 0 Å². The minimum absolute atomic E-state index is 0.688. The van der Waals surface area contributed by atoms with Crippen molar-refractivity contribution < 1.29 is 0 Å². The number of aromatic nitrogens is 4. The number of anilines is 2. The number of hydrogen-bond donors (Lipinski definition) is 1. The molecule has 2 aromatic heterocycles. The first kappa shape index (κ1) is 13.8. The lowest BCUT2D eigenvalue weighted by Gasteiger charge is -2.09. The Bertz CT molecular complexity index is 965. The van der Waals surface area contributed by atoms with Crippen molar-refractivity contribution in [3.63, 3.8) is 0 Å². The molecule has 0 saturated heterocycles. The summed E-state index contributed by atoms with van der Waals surface area (Å²) in [6, 6.07) is 17.9. The van der Waals surface area contributed by atoms with Crippen molar-refractivity contribution >= 4 is 33.2 Å². The number of benzene rings is 2. The molecule has 2 heterocycles. The SMILES string of the molecule is Cc1nnc(Nc2nc(-c3ccccc3)nc3ccccc23)s1. The van der Waals surface area contributed by atoms with Crippen molar-refractivity contribution in [3.8, 4) is 11.4 Å². The van der Waals surface area contributed by atoms with E-state index in [1.807, 2.05) is 61.5 Å². The maximum atomic E-state index is 4.69. The number of hydrogen-bond acceptors (Lipinski definition) is 6. The van der Waals surface area contributed by atoms with Gasteiger partial charge in [-0.25, -0.2) is 9.97 Å². The largest absolute Gasteiger partial charge is 0.314 e. The molecular formula is C17H13N5S. The summed E-state index contributed by atoms with van der Waals surface area (Å²) in [7, 11) is 0. The van der Waals surface area contributed by atoms with E-state index < -0.39 is 0 Å². The van der Waals surface area contributed by atoms with E-state index >= 15 is 0 Å². The van der Waals surface area contributed by atoms with Crippen LogP contribution in [0, 0.1) is 6.92 Å². The Morgan fingerprint density at radius 1 is 0.870 bits per heavy atom. The van der Waals surface area contributed by atoms with Crippen LogP contribution in [0.2, 0.25) is 0 Å². The van der Waals surface area contributed by atoms with Crippen molar-refractivity contribution in [1.82, 2.24) is 20.2 Å². The number of nitrogens with zero attached hydrogens (tertiary/aromatic N) is 4. The van der Waals surface area contributed by atoms with Crippen LogP contribution in [0.1, 0.15) is 5.01 Å². The van der Waals surface area contributed by atoms with Gasteiger partial charge in [0.1, 0.15) is 10.8 Å². The molecule has 6 heteroatoms. The highest BCUT2D eigenvalue weighted by Gasteiger charge is 2.11. The molecule has 0 aliphatic carbocycles. The molecule has 0 atom stereocenters. The molecule has 0 spiro atoms. The van der Waals surface area contributed by atoms with Crippen LogP contribution in [0.4, 0.5) is 10.9 Å². The fourth-order valence-electron chi connectivity index (χ4n) is 2.34. The summed E-state index contributed by atoms with van der Waals surface area (Å²) in [6.07, 6.45) is 0. The van der Waals surface area contributed by atoms with E-state index in [4.69, 9.17) is 4.98 Å². The number of rotatable bonds is 3. The molecule has 4 aromatic rings. The van der Waals surface area contributed by atoms with Crippen molar-refractivity contribution in [3.05, 3.63) is 59.6 Å². The highest BCUT2D eigenvalue weighted by atomic mass is 32.1. The van der Waals surface area contributed by atoms with Gasteiger partial charge in [0.05, 0.1) is 5.52 Å². The van der Waals surface area contributed by atoms with Gasteiger partial charge in [0.25, 0.3) is 0 Å². The normalized spacial score (nSPS) is 10.8. The Morgan fingerprint density at radius 3 is 2.43 bits per heavy atom. The van der Waals surface area contributed by atoms with Crippen LogP contribution in [0.5, 0.6) is 0 Å². The third-order valence-corrected chi connectivity index (χ3v) is 4.14. The summed E-state index contributed by atoms with van der Waals surface area (Å²) >= 11 is 1.50. The van der Waals surface area contributed by atoms with Crippen LogP contribution < -0.4 is 5.32 Å². The summed E-state index contributed by atoms with van der Waals surface area (Å²) in [5.74, 6) is 1.43. The summed E-state index contributed by atoms with van der Waals surface area (Å²) in [5, 5.41) is 14.0. The lowest BCUT2D eigenvalue weighted by Crippen LogP contribution is -1.99. The summed E-state index contributed by atoms with van der Waals surface area (Å²) in [4.78, 5) is 9.36. The predicted molar refractivity (Wildman–Crippen MR) is 92.9 cm³/mol. The number of fused-ring (bicyclic) bond motifs is 1. The van der Waals surface area contributed by atoms with Crippen LogP contribution in [0.3, 0.4) is 0 Å². The molecule has 2 aromatic carbocycles. The molecule has 0 aliphatic rings. The van der Waals surface area contributed by atoms with Gasteiger partial charge in [-0.3, -0.25) is 0 Å². The fourth-order valence-corrected chi connectivity index (χ4v) is 2.93. The lowest BCUT2D eigenvalue weighted by atomic mass is 10.2. The topological polar surface area (TPSA) is 63.6 Å². The van der Waals surface area contributed by atoms with E-state index in [9.17, 15) is 0 Å². The number of para-hydroxylation sites is 1. The van der Waals surface area contributed by atoms with Crippen molar-refractivity contribution in [2.24, 2.45) is 0 Å². The third kappa shape index (κ3) is 2.76. The molecule has 0 fully saturated rings. The van der Waals surface area contributed by atoms with E-state index in [2.05, 4.69) is 20.5 Å². The van der Waals surface area contributed by atoms with Gasteiger partial charge < -0.3 is 5.32 Å². The maximum absolute atomic E-state index is 4.69. The van der Waals surface area contributed by atoms with Crippen molar-refractivity contribution in [2.45, 2.75) is 6.92 Å². The van der Waals surface area contributed by atoms with E-state index in [-0.39, 0.29) is 0 Å². The number of aryl methyl sites for hydroxylation is 1. The van der Waals surface area contributed by atoms with E-state index in [1.165, 1.54) is 11.3 Å². The molecule has 4 rings (SSSR count). The Hall–Kier alpha value is -2.86. The molecule has 0 aliphatic heterocycles. The minimum Gasteiger partial charge on any atom is -0.314 e. The van der Waals surface area contributed by atoms with Crippen LogP contribution in [0.15, 0.2) is 54.6 Å². The molecule has 112 valence electrons. The minimum atomic E-state index is 0.688. The fraction of sp³-hybridized carbons (Fsp3) is 0.0588. The van der Waals surface area contributed by atoms with Gasteiger partial charge in [-0.15, -0.1) is 10.2 Å². The van der Waals surface area contributed by atoms with E-state index in [1.54, 1.807) is 0 Å². The Balaban J connectivity index is 1.87. The molecule has 0 saturated carbocycles. The molecule has 0 bridgehead atoms. The van der Waals surface area contributed by atoms with Gasteiger partial charge in [0, 0.05) is 10.9 Å².